The van der Waals surface area contributed by atoms with Crippen molar-refractivity contribution in [2.24, 2.45) is 5.73 Å². The second-order valence-corrected chi connectivity index (χ2v) is 4.96. The summed E-state index contributed by atoms with van der Waals surface area (Å²) in [5.41, 5.74) is 8.87. The molecule has 0 atom stereocenters. The van der Waals surface area contributed by atoms with Crippen LogP contribution in [-0.2, 0) is 6.54 Å². The van der Waals surface area contributed by atoms with Gasteiger partial charge in [0.15, 0.2) is 0 Å². The summed E-state index contributed by atoms with van der Waals surface area (Å²) in [7, 11) is 1.95. The van der Waals surface area contributed by atoms with Crippen LogP contribution in [0.25, 0.3) is 0 Å². The largest absolute Gasteiger partial charge is 0.384 e. The summed E-state index contributed by atoms with van der Waals surface area (Å²) >= 11 is 0. The van der Waals surface area contributed by atoms with E-state index in [4.69, 9.17) is 11.1 Å². The molecule has 20 heavy (non-hydrogen) atoms. The molecule has 0 saturated heterocycles. The third-order valence-corrected chi connectivity index (χ3v) is 3.13. The molecule has 0 saturated carbocycles. The first-order chi connectivity index (χ1) is 9.45. The fourth-order valence-electron chi connectivity index (χ4n) is 2.13. The standard InChI is InChI=1S/C16H18FN3/c1-11-4-3-5-15(6-11)20(2)10-12-7-13(16(18)19)9-14(17)8-12/h3-9H,10H2,1-2H3,(H3,18,19). The minimum absolute atomic E-state index is 0.121. The number of hydrogen-bond donors (Lipinski definition) is 2. The van der Waals surface area contributed by atoms with E-state index in [1.165, 1.54) is 17.7 Å². The third kappa shape index (κ3) is 3.35. The number of amidine groups is 1. The van der Waals surface area contributed by atoms with Crippen LogP contribution < -0.4 is 10.6 Å². The lowest BCUT2D eigenvalue weighted by Gasteiger charge is -2.20. The van der Waals surface area contributed by atoms with Crippen LogP contribution in [0, 0.1) is 18.2 Å². The fourth-order valence-corrected chi connectivity index (χ4v) is 2.13. The van der Waals surface area contributed by atoms with Crippen LogP contribution in [0.4, 0.5) is 10.1 Å². The van der Waals surface area contributed by atoms with Crippen molar-refractivity contribution in [1.82, 2.24) is 0 Å². The highest BCUT2D eigenvalue weighted by Gasteiger charge is 2.07. The van der Waals surface area contributed by atoms with Crippen LogP contribution in [-0.4, -0.2) is 12.9 Å². The maximum atomic E-state index is 13.5. The van der Waals surface area contributed by atoms with Crippen molar-refractivity contribution in [3.05, 3.63) is 65.0 Å². The molecular weight excluding hydrogens is 253 g/mol. The van der Waals surface area contributed by atoms with E-state index in [0.29, 0.717) is 12.1 Å². The first-order valence-corrected chi connectivity index (χ1v) is 6.37. The van der Waals surface area contributed by atoms with Gasteiger partial charge >= 0.3 is 0 Å². The lowest BCUT2D eigenvalue weighted by Crippen LogP contribution is -2.18. The zero-order chi connectivity index (χ0) is 14.7. The summed E-state index contributed by atoms with van der Waals surface area (Å²) in [5.74, 6) is -0.491. The van der Waals surface area contributed by atoms with E-state index >= 15 is 0 Å². The molecule has 0 spiro atoms. The molecule has 104 valence electrons. The molecule has 0 unspecified atom stereocenters. The van der Waals surface area contributed by atoms with E-state index in [9.17, 15) is 4.39 Å². The van der Waals surface area contributed by atoms with Crippen molar-refractivity contribution in [2.75, 3.05) is 11.9 Å². The molecule has 0 aromatic heterocycles. The number of halogens is 1. The molecule has 0 aliphatic heterocycles. The maximum Gasteiger partial charge on any atom is 0.124 e. The van der Waals surface area contributed by atoms with Gasteiger partial charge in [-0.05, 0) is 48.4 Å². The molecule has 3 N–H and O–H groups in total. The number of nitrogen functional groups attached to an aromatic ring is 1. The molecule has 4 heteroatoms. The lowest BCUT2D eigenvalue weighted by molar-refractivity contribution is 0.624. The van der Waals surface area contributed by atoms with Crippen molar-refractivity contribution >= 4 is 11.5 Å². The Bertz CT molecular complexity index is 637. The molecule has 2 aromatic carbocycles. The minimum Gasteiger partial charge on any atom is -0.384 e. The van der Waals surface area contributed by atoms with Gasteiger partial charge in [0.05, 0.1) is 0 Å². The van der Waals surface area contributed by atoms with Crippen LogP contribution in [0.1, 0.15) is 16.7 Å². The first kappa shape index (κ1) is 14.1. The molecule has 3 nitrogen and oxygen atoms in total. The molecular formula is C16H18FN3. The van der Waals surface area contributed by atoms with Gasteiger partial charge in [-0.3, -0.25) is 5.41 Å². The average Bonchev–Trinajstić information content (AvgIpc) is 2.37. The van der Waals surface area contributed by atoms with Gasteiger partial charge in [-0.15, -0.1) is 0 Å². The molecule has 0 aliphatic rings. The number of nitrogens with zero attached hydrogens (tertiary/aromatic N) is 1. The number of hydrogen-bond acceptors (Lipinski definition) is 2. The summed E-state index contributed by atoms with van der Waals surface area (Å²) in [4.78, 5) is 2.03. The van der Waals surface area contributed by atoms with Gasteiger partial charge in [0.25, 0.3) is 0 Å². The SMILES string of the molecule is Cc1cccc(N(C)Cc2cc(F)cc(C(=N)N)c2)c1. The van der Waals surface area contributed by atoms with Crippen LogP contribution in [0.2, 0.25) is 0 Å². The monoisotopic (exact) mass is 271 g/mol. The topological polar surface area (TPSA) is 53.1 Å². The van der Waals surface area contributed by atoms with Gasteiger partial charge in [0.2, 0.25) is 0 Å². The third-order valence-electron chi connectivity index (χ3n) is 3.13. The summed E-state index contributed by atoms with van der Waals surface area (Å²) in [6, 6.07) is 12.6. The Hall–Kier alpha value is -2.36. The average molecular weight is 271 g/mol. The van der Waals surface area contributed by atoms with E-state index in [2.05, 4.69) is 6.07 Å². The number of anilines is 1. The van der Waals surface area contributed by atoms with Crippen LogP contribution in [0.15, 0.2) is 42.5 Å². The molecule has 0 radical (unpaired) electrons. The zero-order valence-corrected chi connectivity index (χ0v) is 11.7. The summed E-state index contributed by atoms with van der Waals surface area (Å²) in [6.07, 6.45) is 0. The van der Waals surface area contributed by atoms with Crippen molar-refractivity contribution in [1.29, 1.82) is 5.41 Å². The van der Waals surface area contributed by atoms with Gasteiger partial charge in [0, 0.05) is 24.8 Å². The molecule has 2 aromatic rings. The zero-order valence-electron chi connectivity index (χ0n) is 11.7. The van der Waals surface area contributed by atoms with Crippen molar-refractivity contribution in [3.8, 4) is 0 Å². The summed E-state index contributed by atoms with van der Waals surface area (Å²) in [5, 5.41) is 7.40. The van der Waals surface area contributed by atoms with Crippen LogP contribution >= 0.6 is 0 Å². The predicted molar refractivity (Wildman–Crippen MR) is 80.7 cm³/mol. The molecule has 0 bridgehead atoms. The molecule has 0 amide bonds. The minimum atomic E-state index is -0.370. The van der Waals surface area contributed by atoms with Gasteiger partial charge in [-0.2, -0.15) is 0 Å². The fraction of sp³-hybridized carbons (Fsp3) is 0.188. The number of nitrogens with two attached hydrogens (primary N) is 1. The van der Waals surface area contributed by atoms with Crippen molar-refractivity contribution < 1.29 is 4.39 Å². The Morgan fingerprint density at radius 2 is 2.00 bits per heavy atom. The molecule has 0 fully saturated rings. The van der Waals surface area contributed by atoms with Gasteiger partial charge in [0.1, 0.15) is 11.7 Å². The smallest absolute Gasteiger partial charge is 0.124 e. The number of benzene rings is 2. The normalized spacial score (nSPS) is 10.3. The van der Waals surface area contributed by atoms with E-state index in [0.717, 1.165) is 11.3 Å². The Kier molecular flexibility index (Phi) is 4.03. The highest BCUT2D eigenvalue weighted by molar-refractivity contribution is 5.95. The van der Waals surface area contributed by atoms with Crippen LogP contribution in [0.3, 0.4) is 0 Å². The predicted octanol–water partition coefficient (Wildman–Crippen LogP) is 3.05. The maximum absolute atomic E-state index is 13.5. The van der Waals surface area contributed by atoms with Gasteiger partial charge < -0.3 is 10.6 Å². The van der Waals surface area contributed by atoms with Crippen molar-refractivity contribution in [3.63, 3.8) is 0 Å². The summed E-state index contributed by atoms with van der Waals surface area (Å²) < 4.78 is 13.5. The highest BCUT2D eigenvalue weighted by Crippen LogP contribution is 2.18. The van der Waals surface area contributed by atoms with Crippen LogP contribution in [0.5, 0.6) is 0 Å². The molecule has 2 rings (SSSR count). The van der Waals surface area contributed by atoms with Gasteiger partial charge in [-0.1, -0.05) is 12.1 Å². The highest BCUT2D eigenvalue weighted by atomic mass is 19.1. The van der Waals surface area contributed by atoms with E-state index in [1.807, 2.05) is 37.1 Å². The second kappa shape index (κ2) is 5.74. The molecule has 0 aliphatic carbocycles. The Morgan fingerprint density at radius 3 is 2.65 bits per heavy atom. The van der Waals surface area contributed by atoms with E-state index in [-0.39, 0.29) is 11.7 Å². The number of rotatable bonds is 4. The number of nitrogens with one attached hydrogen (secondary N) is 1. The summed E-state index contributed by atoms with van der Waals surface area (Å²) in [6.45, 7) is 2.59. The van der Waals surface area contributed by atoms with E-state index in [1.54, 1.807) is 6.07 Å². The number of aryl methyl sites for hydroxylation is 1. The van der Waals surface area contributed by atoms with E-state index < -0.39 is 0 Å². The van der Waals surface area contributed by atoms with Gasteiger partial charge in [-0.25, -0.2) is 4.39 Å². The Labute approximate surface area is 118 Å². The first-order valence-electron chi connectivity index (χ1n) is 6.37. The Balaban J connectivity index is 2.23. The van der Waals surface area contributed by atoms with Crippen molar-refractivity contribution in [2.45, 2.75) is 13.5 Å². The lowest BCUT2D eigenvalue weighted by atomic mass is 10.1. The molecule has 0 heterocycles. The second-order valence-electron chi connectivity index (χ2n) is 4.96. The quantitative estimate of drug-likeness (QED) is 0.663. The Morgan fingerprint density at radius 1 is 1.25 bits per heavy atom.